The molecule has 2 aromatic rings. The van der Waals surface area contributed by atoms with Crippen LogP contribution < -0.4 is 11.5 Å². The molecule has 45 heavy (non-hydrogen) atoms. The minimum atomic E-state index is -4.96. The van der Waals surface area contributed by atoms with Crippen molar-refractivity contribution in [1.29, 1.82) is 0 Å². The Balaban J connectivity index is 1.00. The summed E-state index contributed by atoms with van der Waals surface area (Å²) in [5, 5.41) is 37.3. The Morgan fingerprint density at radius 2 is 1.18 bits per heavy atom. The maximum absolute atomic E-state index is 13.5. The molecule has 6 N–H and O–H groups in total. The Bertz CT molecular complexity index is 1530. The maximum atomic E-state index is 13.5. The van der Waals surface area contributed by atoms with E-state index < -0.39 is 69.7 Å². The molecule has 2 aromatic heterocycles. The topological polar surface area (TPSA) is 270 Å². The van der Waals surface area contributed by atoms with Crippen molar-refractivity contribution >= 4 is 22.5 Å². The molecule has 4 aliphatic heterocycles. The average Bonchev–Trinajstić information content (AvgIpc) is 3.72. The second-order valence-corrected chi connectivity index (χ2v) is 13.8. The number of carbonyl (C=O) groups is 2. The minimum Gasteiger partial charge on any atom is -0.420 e. The van der Waals surface area contributed by atoms with Crippen LogP contribution in [0.5, 0.6) is 0 Å². The van der Waals surface area contributed by atoms with Crippen LogP contribution in [0.4, 0.5) is 9.59 Å². The molecule has 6 fully saturated rings. The third-order valence-corrected chi connectivity index (χ3v) is 10.9. The van der Waals surface area contributed by atoms with Gasteiger partial charge in [-0.3, -0.25) is 0 Å². The number of nitrogens with two attached hydrogens (primary N) is 2. The van der Waals surface area contributed by atoms with Gasteiger partial charge in [-0.2, -0.15) is 18.5 Å². The minimum absolute atomic E-state index is 0.0743. The molecule has 0 unspecified atom stereocenters. The molecule has 244 valence electrons. The Morgan fingerprint density at radius 1 is 0.778 bits per heavy atom. The highest BCUT2D eigenvalue weighted by Crippen LogP contribution is 2.63. The van der Waals surface area contributed by atoms with Gasteiger partial charge in [-0.15, -0.1) is 29.0 Å². The van der Waals surface area contributed by atoms with Gasteiger partial charge in [0.25, 0.3) is 0 Å². The summed E-state index contributed by atoms with van der Waals surface area (Å²) in [5.41, 5.74) is 10.1. The number of hydrogen-bond donors (Lipinski definition) is 4. The zero-order valence-electron chi connectivity index (χ0n) is 23.8. The molecule has 21 heteroatoms. The molecule has 4 bridgehead atoms. The van der Waals surface area contributed by atoms with Crippen molar-refractivity contribution in [2.75, 3.05) is 26.2 Å². The normalized spacial score (nSPS) is 30.6. The van der Waals surface area contributed by atoms with E-state index in [2.05, 4.69) is 20.4 Å². The van der Waals surface area contributed by atoms with Crippen molar-refractivity contribution in [3.8, 4) is 0 Å². The first-order valence-electron chi connectivity index (χ1n) is 14.7. The molecule has 20 nitrogen and oxygen atoms in total. The number of aromatic nitrogens is 4. The van der Waals surface area contributed by atoms with E-state index in [4.69, 9.17) is 28.9 Å². The smallest absolute Gasteiger partial charge is 0.420 e. The molecule has 0 aromatic carbocycles. The third kappa shape index (κ3) is 4.43. The first-order chi connectivity index (χ1) is 21.5. The molecular formula is C24H32N10O10S. The lowest BCUT2D eigenvalue weighted by molar-refractivity contribution is -0.101. The highest BCUT2D eigenvalue weighted by molar-refractivity contribution is 7.81. The fourth-order valence-electron chi connectivity index (χ4n) is 7.31. The molecule has 8 rings (SSSR count). The third-order valence-electron chi connectivity index (χ3n) is 10.2. The van der Waals surface area contributed by atoms with Crippen LogP contribution in [0.25, 0.3) is 0 Å². The number of hydrogen-bond acceptors (Lipinski definition) is 16. The standard InChI is InChI=1S/C24H32N10O10S/c25-7-13(35)19-29-27-17(41-19)11-5-23(1-2-23)15-9-31(11)21(37)33(15)43-45(39,40)44-34-16-10-32(22(34)38)12(6-24(16)3-4-24)18-28-30-20(42-18)14(36)8-26/h11-16,35-36H,1-10,25-26H2/t11-,12-,13-,14-,15-,16-/m0/s1. The van der Waals surface area contributed by atoms with Crippen LogP contribution in [-0.2, 0) is 19.0 Å². The van der Waals surface area contributed by atoms with Gasteiger partial charge in [0.2, 0.25) is 23.6 Å². The largest absolute Gasteiger partial charge is 0.442 e. The Hall–Kier alpha value is -3.47. The first kappa shape index (κ1) is 29.0. The SMILES string of the molecule is NC[C@H](O)c1nnc([C@@H]2CC3(CC3)[C@@H]3CN2C(=O)N3OS(=O)(=O)ON2C(=O)N3C[C@H]2C2(CC2)C[C@H]3c2nnc([C@@H](O)CN)o2)o1. The van der Waals surface area contributed by atoms with Crippen LogP contribution in [0.2, 0.25) is 0 Å². The van der Waals surface area contributed by atoms with Gasteiger partial charge >= 0.3 is 22.5 Å². The number of piperidine rings is 2. The van der Waals surface area contributed by atoms with Crippen LogP contribution in [-0.4, -0.2) is 109 Å². The van der Waals surface area contributed by atoms with Gasteiger partial charge in [0.05, 0.1) is 12.1 Å². The average molecular weight is 653 g/mol. The van der Waals surface area contributed by atoms with Crippen LogP contribution in [0.15, 0.2) is 8.83 Å². The van der Waals surface area contributed by atoms with Crippen molar-refractivity contribution in [2.45, 2.75) is 74.9 Å². The van der Waals surface area contributed by atoms with E-state index in [1.807, 2.05) is 0 Å². The van der Waals surface area contributed by atoms with E-state index in [0.717, 1.165) is 10.1 Å². The number of urea groups is 2. The molecule has 2 spiro atoms. The summed E-state index contributed by atoms with van der Waals surface area (Å²) < 4.78 is 48.6. The molecular weight excluding hydrogens is 620 g/mol. The van der Waals surface area contributed by atoms with Gasteiger partial charge in [-0.05, 0) is 49.4 Å². The molecule has 2 saturated carbocycles. The fraction of sp³-hybridized carbons (Fsp3) is 0.750. The second-order valence-electron chi connectivity index (χ2n) is 12.7. The number of amides is 4. The molecule has 4 saturated heterocycles. The van der Waals surface area contributed by atoms with Crippen molar-refractivity contribution in [2.24, 2.45) is 22.3 Å². The van der Waals surface area contributed by atoms with Gasteiger partial charge in [0.15, 0.2) is 0 Å². The Morgan fingerprint density at radius 3 is 1.53 bits per heavy atom. The van der Waals surface area contributed by atoms with E-state index >= 15 is 0 Å². The number of rotatable bonds is 10. The van der Waals surface area contributed by atoms with Gasteiger partial charge in [0, 0.05) is 26.2 Å². The molecule has 6 heterocycles. The number of carbonyl (C=O) groups excluding carboxylic acids is 2. The quantitative estimate of drug-likeness (QED) is 0.237. The van der Waals surface area contributed by atoms with Crippen LogP contribution >= 0.6 is 0 Å². The maximum Gasteiger partial charge on any atom is 0.442 e. The number of hydroxylamine groups is 4. The van der Waals surface area contributed by atoms with Gasteiger partial charge in [-0.25, -0.2) is 9.59 Å². The lowest BCUT2D eigenvalue weighted by Crippen LogP contribution is -2.45. The highest BCUT2D eigenvalue weighted by Gasteiger charge is 2.67. The van der Waals surface area contributed by atoms with Gasteiger partial charge in [0.1, 0.15) is 24.3 Å². The first-order valence-corrected chi connectivity index (χ1v) is 16.1. The predicted octanol–water partition coefficient (Wildman–Crippen LogP) is -1.09. The van der Waals surface area contributed by atoms with Gasteiger partial charge < -0.3 is 40.3 Å². The predicted molar refractivity (Wildman–Crippen MR) is 141 cm³/mol. The molecule has 2 aliphatic carbocycles. The van der Waals surface area contributed by atoms with Crippen LogP contribution in [0.3, 0.4) is 0 Å². The van der Waals surface area contributed by atoms with Crippen molar-refractivity contribution in [1.82, 2.24) is 40.3 Å². The zero-order valence-corrected chi connectivity index (χ0v) is 24.7. The van der Waals surface area contributed by atoms with Gasteiger partial charge in [-0.1, -0.05) is 0 Å². The van der Waals surface area contributed by atoms with Crippen LogP contribution in [0, 0.1) is 10.8 Å². The number of nitrogens with zero attached hydrogens (tertiary/aromatic N) is 8. The Labute approximate surface area is 255 Å². The monoisotopic (exact) mass is 652 g/mol. The van der Waals surface area contributed by atoms with E-state index in [1.54, 1.807) is 0 Å². The summed E-state index contributed by atoms with van der Waals surface area (Å²) in [6.45, 7) is 0.0321. The van der Waals surface area contributed by atoms with Crippen LogP contribution in [0.1, 0.15) is 86.4 Å². The second kappa shape index (κ2) is 9.77. The molecule has 4 amide bonds. The lowest BCUT2D eigenvalue weighted by Gasteiger charge is -2.35. The van der Waals surface area contributed by atoms with Crippen molar-refractivity contribution < 1.29 is 45.6 Å². The zero-order chi connectivity index (χ0) is 31.5. The number of aliphatic hydroxyl groups excluding tert-OH is 2. The number of aliphatic hydroxyl groups is 2. The molecule has 6 aliphatic rings. The summed E-state index contributed by atoms with van der Waals surface area (Å²) in [6, 6.07) is -3.97. The van der Waals surface area contributed by atoms with E-state index in [-0.39, 0.29) is 49.7 Å². The summed E-state index contributed by atoms with van der Waals surface area (Å²) in [7, 11) is -4.96. The van der Waals surface area contributed by atoms with E-state index in [0.29, 0.717) is 38.5 Å². The van der Waals surface area contributed by atoms with Crippen molar-refractivity contribution in [3.63, 3.8) is 0 Å². The van der Waals surface area contributed by atoms with E-state index in [9.17, 15) is 28.2 Å². The Kier molecular flexibility index (Phi) is 6.29. The summed E-state index contributed by atoms with van der Waals surface area (Å²) in [4.78, 5) is 29.9. The molecule has 0 radical (unpaired) electrons. The van der Waals surface area contributed by atoms with E-state index in [1.165, 1.54) is 9.80 Å². The fourth-order valence-corrected chi connectivity index (χ4v) is 8.07. The van der Waals surface area contributed by atoms with Crippen molar-refractivity contribution in [3.05, 3.63) is 23.6 Å². The summed E-state index contributed by atoms with van der Waals surface area (Å²) >= 11 is 0. The molecule has 6 atom stereocenters. The highest BCUT2D eigenvalue weighted by atomic mass is 32.3. The summed E-state index contributed by atoms with van der Waals surface area (Å²) in [5.74, 6) is 0.0657. The summed E-state index contributed by atoms with van der Waals surface area (Å²) in [6.07, 6.45) is 1.40. The number of fused-ring (bicyclic) bond motifs is 6. The lowest BCUT2D eigenvalue weighted by atomic mass is 9.85.